The van der Waals surface area contributed by atoms with Crippen LogP contribution in [0.3, 0.4) is 0 Å². The van der Waals surface area contributed by atoms with Gasteiger partial charge in [0.2, 0.25) is 0 Å². The number of fused-ring (bicyclic) bond motifs is 1. The van der Waals surface area contributed by atoms with Crippen LogP contribution in [0, 0.1) is 12.3 Å². The average Bonchev–Trinajstić information content (AvgIpc) is 2.25. The summed E-state index contributed by atoms with van der Waals surface area (Å²) in [5.41, 5.74) is 0.366. The van der Waals surface area contributed by atoms with Crippen molar-refractivity contribution in [2.75, 3.05) is 11.9 Å². The van der Waals surface area contributed by atoms with Crippen LogP contribution in [-0.4, -0.2) is 16.5 Å². The number of hydrogen-bond acceptors (Lipinski definition) is 3. The van der Waals surface area contributed by atoms with E-state index in [0.29, 0.717) is 12.4 Å². The molecule has 4 nitrogen and oxygen atoms in total. The fraction of sp³-hybridized carbons (Fsp3) is 0.0909. The zero-order valence-corrected chi connectivity index (χ0v) is 7.95. The molecule has 0 spiro atoms. The van der Waals surface area contributed by atoms with E-state index in [0.717, 1.165) is 10.9 Å². The first-order valence-electron chi connectivity index (χ1n) is 4.47. The summed E-state index contributed by atoms with van der Waals surface area (Å²) in [4.78, 5) is 17.7. The van der Waals surface area contributed by atoms with Gasteiger partial charge in [0, 0.05) is 5.39 Å². The molecule has 4 heteroatoms. The number of nitrogens with one attached hydrogen (secondary N) is 2. The molecule has 0 fully saturated rings. The van der Waals surface area contributed by atoms with E-state index < -0.39 is 0 Å². The predicted molar refractivity (Wildman–Crippen MR) is 59.7 cm³/mol. The summed E-state index contributed by atoms with van der Waals surface area (Å²) in [5.74, 6) is 2.96. The Kier molecular flexibility index (Phi) is 2.38. The van der Waals surface area contributed by atoms with Crippen molar-refractivity contribution in [3.8, 4) is 12.3 Å². The molecule has 0 aliphatic rings. The quantitative estimate of drug-likeness (QED) is 0.708. The van der Waals surface area contributed by atoms with Crippen molar-refractivity contribution >= 4 is 16.7 Å². The Morgan fingerprint density at radius 2 is 2.27 bits per heavy atom. The van der Waals surface area contributed by atoms with Crippen LogP contribution in [0.4, 0.5) is 5.82 Å². The second-order valence-electron chi connectivity index (χ2n) is 2.99. The van der Waals surface area contributed by atoms with E-state index in [1.807, 2.05) is 24.3 Å². The highest BCUT2D eigenvalue weighted by Crippen LogP contribution is 2.16. The number of terminal acetylenes is 1. The predicted octanol–water partition coefficient (Wildman–Crippen LogP) is 0.968. The number of aromatic nitrogens is 2. The van der Waals surface area contributed by atoms with Crippen LogP contribution in [-0.2, 0) is 0 Å². The lowest BCUT2D eigenvalue weighted by atomic mass is 10.2. The number of anilines is 1. The molecule has 0 unspecified atom stereocenters. The summed E-state index contributed by atoms with van der Waals surface area (Å²) < 4.78 is 0. The van der Waals surface area contributed by atoms with Gasteiger partial charge in [-0.2, -0.15) is 4.98 Å². The molecule has 0 bridgehead atoms. The number of H-pyrrole nitrogens is 1. The number of para-hydroxylation sites is 1. The minimum atomic E-state index is -0.381. The third kappa shape index (κ3) is 1.81. The molecule has 0 atom stereocenters. The van der Waals surface area contributed by atoms with Crippen molar-refractivity contribution < 1.29 is 0 Å². The van der Waals surface area contributed by atoms with Crippen LogP contribution in [0.2, 0.25) is 0 Å². The molecule has 2 aromatic rings. The molecule has 0 aliphatic heterocycles. The number of rotatable bonds is 2. The van der Waals surface area contributed by atoms with E-state index in [2.05, 4.69) is 21.2 Å². The highest BCUT2D eigenvalue weighted by molar-refractivity contribution is 5.88. The van der Waals surface area contributed by atoms with Gasteiger partial charge in [0.15, 0.2) is 0 Å². The summed E-state index contributed by atoms with van der Waals surface area (Å²) in [5, 5.41) is 3.76. The van der Waals surface area contributed by atoms with Crippen molar-refractivity contribution in [1.82, 2.24) is 9.97 Å². The first-order valence-corrected chi connectivity index (χ1v) is 4.47. The van der Waals surface area contributed by atoms with Crippen LogP contribution in [0.15, 0.2) is 29.1 Å². The maximum Gasteiger partial charge on any atom is 0.347 e. The number of benzene rings is 1. The second kappa shape index (κ2) is 3.84. The van der Waals surface area contributed by atoms with Gasteiger partial charge in [-0.15, -0.1) is 6.42 Å². The molecule has 15 heavy (non-hydrogen) atoms. The number of hydrogen-bond donors (Lipinski definition) is 2. The van der Waals surface area contributed by atoms with Gasteiger partial charge >= 0.3 is 5.69 Å². The Morgan fingerprint density at radius 3 is 3.07 bits per heavy atom. The van der Waals surface area contributed by atoms with Crippen molar-refractivity contribution in [3.05, 3.63) is 34.7 Å². The zero-order valence-electron chi connectivity index (χ0n) is 7.95. The SMILES string of the molecule is C#CCNc1nc(=O)[nH]c2ccccc12. The topological polar surface area (TPSA) is 57.8 Å². The highest BCUT2D eigenvalue weighted by Gasteiger charge is 2.02. The first-order chi connectivity index (χ1) is 7.31. The summed E-state index contributed by atoms with van der Waals surface area (Å²) in [6, 6.07) is 7.42. The maximum absolute atomic E-state index is 11.2. The van der Waals surface area contributed by atoms with Gasteiger partial charge in [0.05, 0.1) is 12.1 Å². The Morgan fingerprint density at radius 1 is 1.47 bits per heavy atom. The molecule has 0 aliphatic carbocycles. The molecular weight excluding hydrogens is 190 g/mol. The molecule has 0 amide bonds. The van der Waals surface area contributed by atoms with Crippen LogP contribution < -0.4 is 11.0 Å². The van der Waals surface area contributed by atoms with Gasteiger partial charge < -0.3 is 10.3 Å². The average molecular weight is 199 g/mol. The van der Waals surface area contributed by atoms with Gasteiger partial charge in [-0.3, -0.25) is 0 Å². The van der Waals surface area contributed by atoms with Crippen LogP contribution in [0.25, 0.3) is 10.9 Å². The Balaban J connectivity index is 2.62. The van der Waals surface area contributed by atoms with Gasteiger partial charge in [0.25, 0.3) is 0 Å². The molecule has 1 aromatic heterocycles. The lowest BCUT2D eigenvalue weighted by Gasteiger charge is -2.04. The normalized spacial score (nSPS) is 9.80. The Labute approximate surface area is 86.4 Å². The second-order valence-corrected chi connectivity index (χ2v) is 2.99. The smallest absolute Gasteiger partial charge is 0.347 e. The van der Waals surface area contributed by atoms with E-state index in [4.69, 9.17) is 6.42 Å². The molecule has 1 heterocycles. The maximum atomic E-state index is 11.2. The molecular formula is C11H9N3O. The molecule has 2 N–H and O–H groups in total. The van der Waals surface area contributed by atoms with Gasteiger partial charge in [-0.1, -0.05) is 18.1 Å². The van der Waals surface area contributed by atoms with Crippen molar-refractivity contribution in [1.29, 1.82) is 0 Å². The highest BCUT2D eigenvalue weighted by atomic mass is 16.1. The number of nitrogens with zero attached hydrogens (tertiary/aromatic N) is 1. The standard InChI is InChI=1S/C11H9N3O/c1-2-7-12-10-8-5-3-4-6-9(8)13-11(15)14-10/h1,3-6H,7H2,(H2,12,13,14,15). The van der Waals surface area contributed by atoms with E-state index in [9.17, 15) is 4.79 Å². The van der Waals surface area contributed by atoms with E-state index in [-0.39, 0.29) is 5.69 Å². The van der Waals surface area contributed by atoms with Crippen LogP contribution in [0.5, 0.6) is 0 Å². The summed E-state index contributed by atoms with van der Waals surface area (Å²) in [7, 11) is 0. The van der Waals surface area contributed by atoms with Gasteiger partial charge in [-0.25, -0.2) is 4.79 Å². The fourth-order valence-corrected chi connectivity index (χ4v) is 1.37. The van der Waals surface area contributed by atoms with Gasteiger partial charge in [-0.05, 0) is 12.1 Å². The summed E-state index contributed by atoms with van der Waals surface area (Å²) in [6.07, 6.45) is 5.13. The van der Waals surface area contributed by atoms with E-state index in [1.165, 1.54) is 0 Å². The largest absolute Gasteiger partial charge is 0.358 e. The molecule has 1 aromatic carbocycles. The van der Waals surface area contributed by atoms with Crippen molar-refractivity contribution in [2.24, 2.45) is 0 Å². The van der Waals surface area contributed by atoms with Gasteiger partial charge in [0.1, 0.15) is 5.82 Å². The minimum Gasteiger partial charge on any atom is -0.358 e. The molecule has 2 rings (SSSR count). The van der Waals surface area contributed by atoms with E-state index >= 15 is 0 Å². The Bertz CT molecular complexity index is 580. The number of aromatic amines is 1. The molecule has 0 saturated carbocycles. The van der Waals surface area contributed by atoms with Crippen molar-refractivity contribution in [3.63, 3.8) is 0 Å². The monoisotopic (exact) mass is 199 g/mol. The van der Waals surface area contributed by atoms with Crippen LogP contribution in [0.1, 0.15) is 0 Å². The lowest BCUT2D eigenvalue weighted by molar-refractivity contribution is 1.11. The molecule has 0 radical (unpaired) electrons. The Hall–Kier alpha value is -2.28. The lowest BCUT2D eigenvalue weighted by Crippen LogP contribution is -2.14. The third-order valence-electron chi connectivity index (χ3n) is 2.00. The third-order valence-corrected chi connectivity index (χ3v) is 2.00. The zero-order chi connectivity index (χ0) is 10.7. The first kappa shape index (κ1) is 9.28. The summed E-state index contributed by atoms with van der Waals surface area (Å²) >= 11 is 0. The van der Waals surface area contributed by atoms with E-state index in [1.54, 1.807) is 0 Å². The molecule has 74 valence electrons. The van der Waals surface area contributed by atoms with Crippen LogP contribution >= 0.6 is 0 Å². The fourth-order valence-electron chi connectivity index (χ4n) is 1.37. The summed E-state index contributed by atoms with van der Waals surface area (Å²) in [6.45, 7) is 0.348. The van der Waals surface area contributed by atoms with Crippen molar-refractivity contribution in [2.45, 2.75) is 0 Å². The minimum absolute atomic E-state index is 0.348. The molecule has 0 saturated heterocycles.